The highest BCUT2D eigenvalue weighted by molar-refractivity contribution is 7.16. The molecule has 0 bridgehead atoms. The summed E-state index contributed by atoms with van der Waals surface area (Å²) in [6.45, 7) is 3.74. The van der Waals surface area contributed by atoms with Crippen LogP contribution < -0.4 is 9.54 Å². The Balaban J connectivity index is 1.94. The fourth-order valence-corrected chi connectivity index (χ4v) is 4.53. The number of ether oxygens (including phenoxy) is 2. The third-order valence-electron chi connectivity index (χ3n) is 4.55. The number of aromatic nitrogens is 1. The van der Waals surface area contributed by atoms with Crippen molar-refractivity contribution in [3.63, 3.8) is 0 Å². The van der Waals surface area contributed by atoms with Crippen LogP contribution in [0.4, 0.5) is 0 Å². The number of benzene rings is 2. The molecule has 5 nitrogen and oxygen atoms in total. The molecule has 0 aliphatic heterocycles. The maximum atomic E-state index is 12.9. The second kappa shape index (κ2) is 11.0. The summed E-state index contributed by atoms with van der Waals surface area (Å²) < 4.78 is 13.8. The van der Waals surface area contributed by atoms with Crippen molar-refractivity contribution in [3.05, 3.63) is 56.8 Å². The van der Waals surface area contributed by atoms with Gasteiger partial charge in [0.1, 0.15) is 5.75 Å². The third kappa shape index (κ3) is 5.43. The molecular formula is C22H24Cl2N2O3S. The Morgan fingerprint density at radius 2 is 2.00 bits per heavy atom. The van der Waals surface area contributed by atoms with Crippen molar-refractivity contribution in [3.8, 4) is 5.75 Å². The van der Waals surface area contributed by atoms with Crippen LogP contribution in [0, 0.1) is 0 Å². The van der Waals surface area contributed by atoms with Crippen LogP contribution in [0.5, 0.6) is 5.75 Å². The molecule has 0 spiro atoms. The van der Waals surface area contributed by atoms with Gasteiger partial charge in [-0.15, -0.1) is 0 Å². The van der Waals surface area contributed by atoms with Gasteiger partial charge >= 0.3 is 0 Å². The van der Waals surface area contributed by atoms with Gasteiger partial charge in [0.15, 0.2) is 4.80 Å². The molecule has 0 saturated carbocycles. The number of methoxy groups -OCH3 is 1. The normalized spacial score (nSPS) is 11.9. The summed E-state index contributed by atoms with van der Waals surface area (Å²) in [5, 5.41) is 0.900. The number of hydrogen-bond acceptors (Lipinski definition) is 4. The molecule has 8 heteroatoms. The Morgan fingerprint density at radius 1 is 1.17 bits per heavy atom. The highest BCUT2D eigenvalue weighted by Gasteiger charge is 2.14. The number of nitrogens with zero attached hydrogens (tertiary/aromatic N) is 2. The first-order valence-corrected chi connectivity index (χ1v) is 11.4. The fraction of sp³-hybridized carbons (Fsp3) is 0.364. The first-order valence-electron chi connectivity index (χ1n) is 9.83. The van der Waals surface area contributed by atoms with E-state index in [1.54, 1.807) is 31.4 Å². The molecule has 2 aromatic carbocycles. The van der Waals surface area contributed by atoms with Gasteiger partial charge in [0.05, 0.1) is 33.5 Å². The van der Waals surface area contributed by atoms with Crippen molar-refractivity contribution < 1.29 is 14.3 Å². The van der Waals surface area contributed by atoms with E-state index >= 15 is 0 Å². The molecule has 0 aliphatic carbocycles. The van der Waals surface area contributed by atoms with Gasteiger partial charge in [-0.25, -0.2) is 0 Å². The van der Waals surface area contributed by atoms with Gasteiger partial charge in [-0.05, 0) is 36.8 Å². The minimum absolute atomic E-state index is 0.339. The monoisotopic (exact) mass is 466 g/mol. The molecule has 1 heterocycles. The van der Waals surface area contributed by atoms with Crippen molar-refractivity contribution in [1.29, 1.82) is 0 Å². The summed E-state index contributed by atoms with van der Waals surface area (Å²) in [4.78, 5) is 17.8. The van der Waals surface area contributed by atoms with Crippen LogP contribution in [0.1, 0.15) is 36.5 Å². The van der Waals surface area contributed by atoms with Gasteiger partial charge in [0.2, 0.25) is 0 Å². The maximum Gasteiger partial charge on any atom is 0.279 e. The summed E-state index contributed by atoms with van der Waals surface area (Å²) in [5.41, 5.74) is 1.23. The van der Waals surface area contributed by atoms with Gasteiger partial charge in [-0.2, -0.15) is 4.99 Å². The molecule has 160 valence electrons. The lowest BCUT2D eigenvalue weighted by atomic mass is 10.2. The van der Waals surface area contributed by atoms with Gasteiger partial charge in [0.25, 0.3) is 5.91 Å². The lowest BCUT2D eigenvalue weighted by Crippen LogP contribution is -2.19. The standard InChI is InChI=1S/C22H24Cl2N2O3S/c1-3-4-5-12-29-16-8-6-7-15(14-16)21(27)25-22-26(11-13-28-2)20-18(30-22)10-9-17(23)19(20)24/h6-10,14H,3-5,11-13H2,1-2H3. The van der Waals surface area contributed by atoms with Crippen LogP contribution in [0.2, 0.25) is 10.0 Å². The number of unbranched alkanes of at least 4 members (excludes halogenated alkanes) is 2. The first-order chi connectivity index (χ1) is 14.5. The quantitative estimate of drug-likeness (QED) is 0.365. The molecule has 0 fully saturated rings. The molecule has 0 saturated heterocycles. The van der Waals surface area contributed by atoms with E-state index in [-0.39, 0.29) is 5.91 Å². The molecule has 3 rings (SSSR count). The molecule has 1 aromatic heterocycles. The Labute approximate surface area is 189 Å². The van der Waals surface area contributed by atoms with E-state index < -0.39 is 0 Å². The average molecular weight is 467 g/mol. The van der Waals surface area contributed by atoms with Gasteiger partial charge in [-0.3, -0.25) is 4.79 Å². The number of thiazole rings is 1. The fourth-order valence-electron chi connectivity index (χ4n) is 2.99. The zero-order chi connectivity index (χ0) is 21.5. The minimum atomic E-state index is -0.339. The van der Waals surface area contributed by atoms with Gasteiger partial charge < -0.3 is 14.0 Å². The highest BCUT2D eigenvalue weighted by atomic mass is 35.5. The predicted octanol–water partition coefficient (Wildman–Crippen LogP) is 5.97. The highest BCUT2D eigenvalue weighted by Crippen LogP contribution is 2.32. The SMILES string of the molecule is CCCCCOc1cccc(C(=O)N=c2sc3ccc(Cl)c(Cl)c3n2CCOC)c1. The molecule has 0 unspecified atom stereocenters. The van der Waals surface area contributed by atoms with Crippen molar-refractivity contribution >= 4 is 50.7 Å². The van der Waals surface area contributed by atoms with E-state index in [9.17, 15) is 4.79 Å². The average Bonchev–Trinajstić information content (AvgIpc) is 3.10. The van der Waals surface area contributed by atoms with E-state index in [4.69, 9.17) is 32.7 Å². The zero-order valence-electron chi connectivity index (χ0n) is 17.0. The van der Waals surface area contributed by atoms with Crippen molar-refractivity contribution in [2.75, 3.05) is 20.3 Å². The largest absolute Gasteiger partial charge is 0.494 e. The second-order valence-electron chi connectivity index (χ2n) is 6.74. The van der Waals surface area contributed by atoms with E-state index in [2.05, 4.69) is 11.9 Å². The summed E-state index contributed by atoms with van der Waals surface area (Å²) in [6, 6.07) is 10.7. The van der Waals surface area contributed by atoms with Crippen LogP contribution in [0.15, 0.2) is 41.4 Å². The second-order valence-corrected chi connectivity index (χ2v) is 8.53. The molecule has 30 heavy (non-hydrogen) atoms. The number of carbonyl (C=O) groups excluding carboxylic acids is 1. The summed E-state index contributed by atoms with van der Waals surface area (Å²) >= 11 is 14.0. The summed E-state index contributed by atoms with van der Waals surface area (Å²) in [7, 11) is 1.62. The topological polar surface area (TPSA) is 52.8 Å². The molecule has 3 aromatic rings. The van der Waals surface area contributed by atoms with Crippen molar-refractivity contribution in [2.24, 2.45) is 4.99 Å². The number of rotatable bonds is 9. The molecule has 0 atom stereocenters. The van der Waals surface area contributed by atoms with Crippen LogP contribution >= 0.6 is 34.5 Å². The number of fused-ring (bicyclic) bond motifs is 1. The Morgan fingerprint density at radius 3 is 2.77 bits per heavy atom. The van der Waals surface area contributed by atoms with Crippen LogP contribution in [-0.2, 0) is 11.3 Å². The van der Waals surface area contributed by atoms with Crippen molar-refractivity contribution in [2.45, 2.75) is 32.7 Å². The van der Waals surface area contributed by atoms with Gasteiger partial charge in [0, 0.05) is 19.2 Å². The number of carbonyl (C=O) groups is 1. The number of halogens is 2. The smallest absolute Gasteiger partial charge is 0.279 e. The van der Waals surface area contributed by atoms with E-state index in [1.165, 1.54) is 11.3 Å². The lowest BCUT2D eigenvalue weighted by Gasteiger charge is -2.07. The van der Waals surface area contributed by atoms with Gasteiger partial charge in [-0.1, -0.05) is 60.4 Å². The van der Waals surface area contributed by atoms with Crippen LogP contribution in [0.3, 0.4) is 0 Å². The maximum absolute atomic E-state index is 12.9. The van der Waals surface area contributed by atoms with Crippen LogP contribution in [-0.4, -0.2) is 30.8 Å². The minimum Gasteiger partial charge on any atom is -0.494 e. The number of amides is 1. The summed E-state index contributed by atoms with van der Waals surface area (Å²) in [6.07, 6.45) is 3.24. The molecule has 0 radical (unpaired) electrons. The first kappa shape index (κ1) is 22.8. The van der Waals surface area contributed by atoms with E-state index in [0.29, 0.717) is 45.9 Å². The summed E-state index contributed by atoms with van der Waals surface area (Å²) in [5.74, 6) is 0.333. The molecule has 0 aliphatic rings. The van der Waals surface area contributed by atoms with E-state index in [0.717, 1.165) is 29.5 Å². The van der Waals surface area contributed by atoms with Crippen molar-refractivity contribution in [1.82, 2.24) is 4.57 Å². The Bertz CT molecular complexity index is 1090. The predicted molar refractivity (Wildman–Crippen MR) is 123 cm³/mol. The molecule has 1 amide bonds. The number of hydrogen-bond donors (Lipinski definition) is 0. The molecule has 0 N–H and O–H groups in total. The van der Waals surface area contributed by atoms with Crippen LogP contribution in [0.25, 0.3) is 10.2 Å². The molecular weight excluding hydrogens is 443 g/mol. The third-order valence-corrected chi connectivity index (χ3v) is 6.39. The Kier molecular flexibility index (Phi) is 8.33. The zero-order valence-corrected chi connectivity index (χ0v) is 19.3. The Hall–Kier alpha value is -1.86. The lowest BCUT2D eigenvalue weighted by molar-refractivity contribution is 0.0997. The van der Waals surface area contributed by atoms with E-state index in [1.807, 2.05) is 16.7 Å².